The van der Waals surface area contributed by atoms with Crippen LogP contribution in [0, 0.1) is 6.92 Å². The Balaban J connectivity index is 1.83. The third-order valence-corrected chi connectivity index (χ3v) is 7.78. The van der Waals surface area contributed by atoms with Crippen LogP contribution in [0.1, 0.15) is 30.9 Å². The predicted octanol–water partition coefficient (Wildman–Crippen LogP) is 4.59. The van der Waals surface area contributed by atoms with Crippen LogP contribution in [0.4, 0.5) is 5.69 Å². The van der Waals surface area contributed by atoms with Crippen molar-refractivity contribution in [1.29, 1.82) is 0 Å². The number of anilines is 1. The molecular formula is C23H28N3O6P. The molecule has 0 radical (unpaired) electrons. The molecule has 1 atom stereocenters. The zero-order valence-electron chi connectivity index (χ0n) is 19.1. The van der Waals surface area contributed by atoms with Gasteiger partial charge in [0.25, 0.3) is 5.56 Å². The van der Waals surface area contributed by atoms with Gasteiger partial charge in [-0.2, -0.15) is 0 Å². The lowest BCUT2D eigenvalue weighted by Crippen LogP contribution is -2.23. The van der Waals surface area contributed by atoms with Gasteiger partial charge in [-0.1, -0.05) is 24.3 Å². The molecule has 176 valence electrons. The molecule has 2 aromatic carbocycles. The molecule has 0 unspecified atom stereocenters. The fraction of sp³-hybridized carbons (Fsp3) is 0.348. The van der Waals surface area contributed by atoms with Gasteiger partial charge in [0.2, 0.25) is 6.79 Å². The molecule has 1 aliphatic heterocycles. The van der Waals surface area contributed by atoms with E-state index in [2.05, 4.69) is 5.32 Å². The van der Waals surface area contributed by atoms with Crippen molar-refractivity contribution < 1.29 is 23.1 Å². The van der Waals surface area contributed by atoms with Gasteiger partial charge in [-0.25, -0.2) is 4.68 Å². The minimum atomic E-state index is -3.72. The molecule has 0 aliphatic carbocycles. The Morgan fingerprint density at radius 1 is 1.06 bits per heavy atom. The molecule has 3 aromatic rings. The zero-order chi connectivity index (χ0) is 23.6. The molecule has 0 saturated heterocycles. The average Bonchev–Trinajstić information content (AvgIpc) is 3.35. The normalized spacial score (nSPS) is 13.8. The van der Waals surface area contributed by atoms with E-state index < -0.39 is 13.4 Å². The van der Waals surface area contributed by atoms with Crippen molar-refractivity contribution in [3.8, 4) is 17.2 Å². The number of ether oxygens (including phenoxy) is 2. The highest BCUT2D eigenvalue weighted by Crippen LogP contribution is 2.61. The van der Waals surface area contributed by atoms with Crippen LogP contribution in [0.2, 0.25) is 0 Å². The number of nitrogens with one attached hydrogen (secondary N) is 1. The Kier molecular flexibility index (Phi) is 6.65. The summed E-state index contributed by atoms with van der Waals surface area (Å²) in [7, 11) is -1.92. The number of hydrogen-bond acceptors (Lipinski definition) is 7. The highest BCUT2D eigenvalue weighted by Gasteiger charge is 2.39. The van der Waals surface area contributed by atoms with Crippen molar-refractivity contribution in [2.75, 3.05) is 25.3 Å². The molecule has 0 fully saturated rings. The molecule has 0 spiro atoms. The third kappa shape index (κ3) is 4.31. The SMILES string of the molecule is CCOP(=O)(OCC)[C@H](Nc1c(C)n(C)n(-c2ccccc2)c1=O)c1ccc2c(c1)OCO2. The topological polar surface area (TPSA) is 93.0 Å². The maximum absolute atomic E-state index is 13.9. The Morgan fingerprint density at radius 3 is 2.39 bits per heavy atom. The molecule has 2 heterocycles. The first-order valence-electron chi connectivity index (χ1n) is 10.8. The zero-order valence-corrected chi connectivity index (χ0v) is 20.0. The van der Waals surface area contributed by atoms with Gasteiger partial charge >= 0.3 is 7.60 Å². The van der Waals surface area contributed by atoms with Crippen LogP contribution in [0.5, 0.6) is 11.5 Å². The maximum Gasteiger partial charge on any atom is 0.357 e. The van der Waals surface area contributed by atoms with Crippen molar-refractivity contribution in [2.45, 2.75) is 26.6 Å². The van der Waals surface area contributed by atoms with E-state index in [1.54, 1.807) is 48.5 Å². The van der Waals surface area contributed by atoms with E-state index in [0.717, 1.165) is 5.69 Å². The molecule has 0 bridgehead atoms. The predicted molar refractivity (Wildman–Crippen MR) is 126 cm³/mol. The first-order chi connectivity index (χ1) is 15.9. The van der Waals surface area contributed by atoms with E-state index in [1.165, 1.54) is 0 Å². The van der Waals surface area contributed by atoms with Gasteiger partial charge in [0.15, 0.2) is 17.3 Å². The van der Waals surface area contributed by atoms with Crippen molar-refractivity contribution in [2.24, 2.45) is 7.05 Å². The first-order valence-corrected chi connectivity index (χ1v) is 12.4. The van der Waals surface area contributed by atoms with Crippen LogP contribution in [0.3, 0.4) is 0 Å². The monoisotopic (exact) mass is 473 g/mol. The molecule has 1 N–H and O–H groups in total. The number of benzene rings is 2. The smallest absolute Gasteiger partial charge is 0.357 e. The van der Waals surface area contributed by atoms with Gasteiger partial charge in [0, 0.05) is 7.05 Å². The van der Waals surface area contributed by atoms with Crippen LogP contribution in [0.15, 0.2) is 53.3 Å². The van der Waals surface area contributed by atoms with Gasteiger partial charge in [-0.3, -0.25) is 14.0 Å². The summed E-state index contributed by atoms with van der Waals surface area (Å²) in [5, 5.41) is 3.20. The number of para-hydroxylation sites is 1. The highest BCUT2D eigenvalue weighted by atomic mass is 31.2. The van der Waals surface area contributed by atoms with Gasteiger partial charge in [0.05, 0.1) is 24.6 Å². The molecule has 9 nitrogen and oxygen atoms in total. The summed E-state index contributed by atoms with van der Waals surface area (Å²) in [6, 6.07) is 14.6. The third-order valence-electron chi connectivity index (χ3n) is 5.48. The summed E-state index contributed by atoms with van der Waals surface area (Å²) < 4.78 is 39.5. The van der Waals surface area contributed by atoms with E-state index in [9.17, 15) is 9.36 Å². The van der Waals surface area contributed by atoms with Gasteiger partial charge in [-0.15, -0.1) is 0 Å². The Bertz CT molecular complexity index is 1230. The van der Waals surface area contributed by atoms with Crippen molar-refractivity contribution in [1.82, 2.24) is 9.36 Å². The van der Waals surface area contributed by atoms with Crippen molar-refractivity contribution in [3.63, 3.8) is 0 Å². The second-order valence-electron chi connectivity index (χ2n) is 7.47. The van der Waals surface area contributed by atoms with E-state index >= 15 is 0 Å². The summed E-state index contributed by atoms with van der Waals surface area (Å²) >= 11 is 0. The molecule has 0 amide bonds. The minimum absolute atomic E-state index is 0.116. The Labute approximate surface area is 192 Å². The van der Waals surface area contributed by atoms with Gasteiger partial charge in [-0.05, 0) is 50.6 Å². The summed E-state index contributed by atoms with van der Waals surface area (Å²) in [6.07, 6.45) is 0. The Morgan fingerprint density at radius 2 is 1.73 bits per heavy atom. The van der Waals surface area contributed by atoms with Gasteiger partial charge in [0.1, 0.15) is 5.69 Å². The van der Waals surface area contributed by atoms with Crippen molar-refractivity contribution in [3.05, 3.63) is 70.1 Å². The van der Waals surface area contributed by atoms with Crippen LogP contribution < -0.4 is 20.3 Å². The summed E-state index contributed by atoms with van der Waals surface area (Å²) in [4.78, 5) is 13.5. The lowest BCUT2D eigenvalue weighted by Gasteiger charge is -2.28. The van der Waals surface area contributed by atoms with Crippen molar-refractivity contribution >= 4 is 13.3 Å². The molecule has 33 heavy (non-hydrogen) atoms. The second kappa shape index (κ2) is 9.47. The maximum atomic E-state index is 13.9. The van der Waals surface area contributed by atoms with E-state index in [0.29, 0.717) is 28.4 Å². The molecule has 0 saturated carbocycles. The molecule has 1 aromatic heterocycles. The van der Waals surface area contributed by atoms with Crippen LogP contribution in [-0.2, 0) is 20.7 Å². The average molecular weight is 473 g/mol. The molecule has 10 heteroatoms. The summed E-state index contributed by atoms with van der Waals surface area (Å²) in [5.41, 5.74) is 2.03. The largest absolute Gasteiger partial charge is 0.454 e. The number of rotatable bonds is 9. The number of aromatic nitrogens is 2. The van der Waals surface area contributed by atoms with Crippen LogP contribution in [-0.4, -0.2) is 29.4 Å². The summed E-state index contributed by atoms with van der Waals surface area (Å²) in [6.45, 7) is 5.80. The fourth-order valence-electron chi connectivity index (χ4n) is 3.85. The highest BCUT2D eigenvalue weighted by molar-refractivity contribution is 7.54. The number of fused-ring (bicyclic) bond motifs is 1. The lowest BCUT2D eigenvalue weighted by atomic mass is 10.2. The summed E-state index contributed by atoms with van der Waals surface area (Å²) in [5.74, 6) is 0.192. The first kappa shape index (κ1) is 23.2. The van der Waals surface area contributed by atoms with Crippen LogP contribution >= 0.6 is 7.60 Å². The van der Waals surface area contributed by atoms with E-state index in [-0.39, 0.29) is 25.6 Å². The minimum Gasteiger partial charge on any atom is -0.454 e. The van der Waals surface area contributed by atoms with E-state index in [4.69, 9.17) is 18.5 Å². The van der Waals surface area contributed by atoms with E-state index in [1.807, 2.05) is 37.3 Å². The van der Waals surface area contributed by atoms with Gasteiger partial charge < -0.3 is 23.8 Å². The number of nitrogens with zero attached hydrogens (tertiary/aromatic N) is 2. The quantitative estimate of drug-likeness (QED) is 0.455. The fourth-order valence-corrected chi connectivity index (χ4v) is 5.75. The second-order valence-corrected chi connectivity index (χ2v) is 9.58. The number of hydrogen-bond donors (Lipinski definition) is 1. The standard InChI is InChI=1S/C23H28N3O6P/c1-5-31-33(28,32-6-2)22(17-12-13-19-20(14-17)30-15-29-19)24-21-16(3)25(4)26(23(21)27)18-10-8-7-9-11-18/h7-14,22,24H,5-6,15H2,1-4H3/t22-/m0/s1. The molecular weight excluding hydrogens is 445 g/mol. The molecule has 4 rings (SSSR count). The lowest BCUT2D eigenvalue weighted by molar-refractivity contribution is 0.174. The molecule has 1 aliphatic rings. The van der Waals surface area contributed by atoms with Crippen LogP contribution in [0.25, 0.3) is 5.69 Å². The Hall–Kier alpha value is -3.00.